The first-order chi connectivity index (χ1) is 9.54. The Hall–Kier alpha value is -1.47. The predicted molar refractivity (Wildman–Crippen MR) is 80.9 cm³/mol. The molecule has 1 amide bonds. The van der Waals surface area contributed by atoms with Crippen LogP contribution in [0.5, 0.6) is 0 Å². The van der Waals surface area contributed by atoms with Crippen LogP contribution in [0.25, 0.3) is 0 Å². The summed E-state index contributed by atoms with van der Waals surface area (Å²) in [7, 11) is 0. The quantitative estimate of drug-likeness (QED) is 0.858. The normalized spacial score (nSPS) is 10.6. The molecule has 7 heteroatoms. The number of nitrogens with one attached hydrogen (secondary N) is 1. The average molecular weight is 308 g/mol. The monoisotopic (exact) mass is 308 g/mol. The fourth-order valence-electron chi connectivity index (χ4n) is 1.57. The molecule has 106 valence electrons. The van der Waals surface area contributed by atoms with Crippen LogP contribution in [-0.4, -0.2) is 26.8 Å². The van der Waals surface area contributed by atoms with E-state index in [9.17, 15) is 4.79 Å². The zero-order valence-corrected chi connectivity index (χ0v) is 13.3. The van der Waals surface area contributed by atoms with Crippen LogP contribution >= 0.6 is 23.1 Å². The van der Waals surface area contributed by atoms with Crippen molar-refractivity contribution in [2.45, 2.75) is 32.3 Å². The molecule has 0 aliphatic rings. The average Bonchev–Trinajstić information content (AvgIpc) is 2.74. The number of aromatic nitrogens is 3. The van der Waals surface area contributed by atoms with Crippen molar-refractivity contribution in [1.82, 2.24) is 20.5 Å². The number of hydrogen-bond acceptors (Lipinski definition) is 6. The molecule has 1 N–H and O–H groups in total. The maximum atomic E-state index is 11.8. The third kappa shape index (κ3) is 4.28. The fourth-order valence-corrected chi connectivity index (χ4v) is 3.09. The van der Waals surface area contributed by atoms with Crippen molar-refractivity contribution in [1.29, 1.82) is 0 Å². The van der Waals surface area contributed by atoms with Crippen LogP contribution in [0, 0.1) is 20.8 Å². The van der Waals surface area contributed by atoms with E-state index >= 15 is 0 Å². The van der Waals surface area contributed by atoms with Crippen LogP contribution in [0.15, 0.2) is 17.2 Å². The van der Waals surface area contributed by atoms with E-state index in [0.29, 0.717) is 12.3 Å². The van der Waals surface area contributed by atoms with Gasteiger partial charge in [-0.3, -0.25) is 4.79 Å². The molecule has 0 saturated carbocycles. The molecular weight excluding hydrogens is 292 g/mol. The Bertz CT molecular complexity index is 595. The van der Waals surface area contributed by atoms with Gasteiger partial charge in [-0.05, 0) is 32.9 Å². The summed E-state index contributed by atoms with van der Waals surface area (Å²) in [6, 6.07) is 3.76. The van der Waals surface area contributed by atoms with Crippen LogP contribution in [0.4, 0.5) is 0 Å². The molecule has 0 fully saturated rings. The first-order valence-electron chi connectivity index (χ1n) is 6.17. The van der Waals surface area contributed by atoms with Crippen LogP contribution in [0.2, 0.25) is 0 Å². The molecule has 0 atom stereocenters. The molecule has 0 saturated heterocycles. The van der Waals surface area contributed by atoms with Crippen molar-refractivity contribution < 1.29 is 4.79 Å². The molecule has 0 spiro atoms. The fraction of sp³-hybridized carbons (Fsp3) is 0.385. The number of carbonyl (C=O) groups excluding carboxylic acids is 1. The van der Waals surface area contributed by atoms with Gasteiger partial charge < -0.3 is 5.32 Å². The van der Waals surface area contributed by atoms with E-state index in [1.165, 1.54) is 11.8 Å². The van der Waals surface area contributed by atoms with Crippen molar-refractivity contribution in [3.63, 3.8) is 0 Å². The lowest BCUT2D eigenvalue weighted by molar-refractivity contribution is -0.118. The molecule has 20 heavy (non-hydrogen) atoms. The van der Waals surface area contributed by atoms with E-state index in [-0.39, 0.29) is 5.91 Å². The Morgan fingerprint density at radius 3 is 2.70 bits per heavy atom. The number of hydrogen-bond donors (Lipinski definition) is 1. The van der Waals surface area contributed by atoms with Crippen molar-refractivity contribution in [3.05, 3.63) is 33.4 Å². The first kappa shape index (κ1) is 14.9. The number of carbonyl (C=O) groups is 1. The maximum absolute atomic E-state index is 11.8. The lowest BCUT2D eigenvalue weighted by Gasteiger charge is -2.03. The SMILES string of the molecule is Cc1ccc(SCC(=O)NCc2sc(C)nc2C)nn1. The molecule has 0 aliphatic heterocycles. The molecule has 0 unspecified atom stereocenters. The van der Waals surface area contributed by atoms with Gasteiger partial charge in [0.05, 0.1) is 28.7 Å². The van der Waals surface area contributed by atoms with Crippen molar-refractivity contribution in [3.8, 4) is 0 Å². The van der Waals surface area contributed by atoms with Gasteiger partial charge >= 0.3 is 0 Å². The van der Waals surface area contributed by atoms with Crippen LogP contribution in [-0.2, 0) is 11.3 Å². The van der Waals surface area contributed by atoms with E-state index in [1.54, 1.807) is 11.3 Å². The Morgan fingerprint density at radius 1 is 1.30 bits per heavy atom. The minimum atomic E-state index is -0.0113. The lowest BCUT2D eigenvalue weighted by atomic mass is 10.4. The lowest BCUT2D eigenvalue weighted by Crippen LogP contribution is -2.24. The molecule has 2 rings (SSSR count). The summed E-state index contributed by atoms with van der Waals surface area (Å²) in [6.07, 6.45) is 0. The molecule has 2 aromatic heterocycles. The van der Waals surface area contributed by atoms with Crippen molar-refractivity contribution in [2.24, 2.45) is 0 Å². The molecule has 0 bridgehead atoms. The standard InChI is InChI=1S/C13H16N4OS2/c1-8-4-5-13(17-16-8)19-7-12(18)14-6-11-9(2)15-10(3)20-11/h4-5H,6-7H2,1-3H3,(H,14,18). The third-order valence-electron chi connectivity index (χ3n) is 2.57. The second kappa shape index (κ2) is 6.81. The predicted octanol–water partition coefficient (Wildman–Crippen LogP) is 2.27. The van der Waals surface area contributed by atoms with Gasteiger partial charge in [0.2, 0.25) is 5.91 Å². The summed E-state index contributed by atoms with van der Waals surface area (Å²) in [5.41, 5.74) is 1.86. The number of nitrogens with zero attached hydrogens (tertiary/aromatic N) is 3. The largest absolute Gasteiger partial charge is 0.350 e. The van der Waals surface area contributed by atoms with Gasteiger partial charge in [-0.2, -0.15) is 5.10 Å². The number of thioether (sulfide) groups is 1. The van der Waals surface area contributed by atoms with E-state index in [4.69, 9.17) is 0 Å². The summed E-state index contributed by atoms with van der Waals surface area (Å²) in [5.74, 6) is 0.331. The van der Waals surface area contributed by atoms with E-state index in [0.717, 1.165) is 26.3 Å². The van der Waals surface area contributed by atoms with E-state index in [2.05, 4.69) is 20.5 Å². The smallest absolute Gasteiger partial charge is 0.230 e. The zero-order valence-electron chi connectivity index (χ0n) is 11.6. The summed E-state index contributed by atoms with van der Waals surface area (Å²) >= 11 is 3.00. The van der Waals surface area contributed by atoms with Gasteiger partial charge in [0.15, 0.2) is 0 Å². The second-order valence-corrected chi connectivity index (χ2v) is 6.60. The number of amides is 1. The van der Waals surface area contributed by atoms with Crippen molar-refractivity contribution in [2.75, 3.05) is 5.75 Å². The molecule has 0 radical (unpaired) electrons. The van der Waals surface area contributed by atoms with Crippen molar-refractivity contribution >= 4 is 29.0 Å². The van der Waals surface area contributed by atoms with Gasteiger partial charge in [-0.1, -0.05) is 11.8 Å². The van der Waals surface area contributed by atoms with Crippen LogP contribution in [0.3, 0.4) is 0 Å². The molecule has 0 aliphatic carbocycles. The molecule has 0 aromatic carbocycles. The van der Waals surface area contributed by atoms with Gasteiger partial charge in [0.1, 0.15) is 5.03 Å². The minimum absolute atomic E-state index is 0.0113. The molecule has 2 heterocycles. The second-order valence-electron chi connectivity index (χ2n) is 4.32. The van der Waals surface area contributed by atoms with E-state index in [1.807, 2.05) is 32.9 Å². The van der Waals surface area contributed by atoms with Gasteiger partial charge in [-0.15, -0.1) is 16.4 Å². The molecule has 2 aromatic rings. The third-order valence-corrected chi connectivity index (χ3v) is 4.56. The Balaban J connectivity index is 1.78. The Morgan fingerprint density at radius 2 is 2.10 bits per heavy atom. The van der Waals surface area contributed by atoms with E-state index < -0.39 is 0 Å². The maximum Gasteiger partial charge on any atom is 0.230 e. The number of thiazole rings is 1. The summed E-state index contributed by atoms with van der Waals surface area (Å²) in [6.45, 7) is 6.35. The zero-order chi connectivity index (χ0) is 14.5. The minimum Gasteiger partial charge on any atom is -0.350 e. The number of rotatable bonds is 5. The highest BCUT2D eigenvalue weighted by Gasteiger charge is 2.08. The van der Waals surface area contributed by atoms with Crippen LogP contribution < -0.4 is 5.32 Å². The van der Waals surface area contributed by atoms with Gasteiger partial charge in [0, 0.05) is 4.88 Å². The highest BCUT2D eigenvalue weighted by molar-refractivity contribution is 7.99. The van der Waals surface area contributed by atoms with Crippen LogP contribution in [0.1, 0.15) is 21.3 Å². The summed E-state index contributed by atoms with van der Waals surface area (Å²) in [4.78, 5) is 17.2. The Labute approximate surface area is 126 Å². The topological polar surface area (TPSA) is 67.8 Å². The first-order valence-corrected chi connectivity index (χ1v) is 7.97. The molecular formula is C13H16N4OS2. The Kier molecular flexibility index (Phi) is 5.08. The number of aryl methyl sites for hydroxylation is 3. The van der Waals surface area contributed by atoms with Gasteiger partial charge in [0.25, 0.3) is 0 Å². The van der Waals surface area contributed by atoms with Gasteiger partial charge in [-0.25, -0.2) is 4.98 Å². The molecule has 5 nitrogen and oxygen atoms in total. The highest BCUT2D eigenvalue weighted by atomic mass is 32.2. The highest BCUT2D eigenvalue weighted by Crippen LogP contribution is 2.17. The summed E-state index contributed by atoms with van der Waals surface area (Å²) in [5, 5.41) is 12.6. The summed E-state index contributed by atoms with van der Waals surface area (Å²) < 4.78 is 0.